The second-order valence-corrected chi connectivity index (χ2v) is 24.3. The number of nitrogens with zero attached hydrogens (tertiary/aromatic N) is 2. The van der Waals surface area contributed by atoms with Crippen LogP contribution in [0.3, 0.4) is 0 Å². The summed E-state index contributed by atoms with van der Waals surface area (Å²) < 4.78 is 14.9. The number of benzene rings is 11. The molecule has 4 heteroatoms. The highest BCUT2D eigenvalue weighted by Gasteiger charge is 2.29. The maximum atomic E-state index is 7.44. The van der Waals surface area contributed by atoms with Crippen molar-refractivity contribution in [3.63, 3.8) is 0 Å². The SMILES string of the molecule is Cc1ccc(C(C)C)cc1N(c1ccc2cc3c(cc2c1)oc1c(-c2ccccc2)c2c(oc4cc5cc(N(c6cc(C(C)C)ccc6C)c6cc(C(C)C)ccc6C)ccc5cc42)c(-c2ccccc2)c13)c1cc(C(C)C)ccc1C. The first kappa shape index (κ1) is 52.5. The fourth-order valence-corrected chi connectivity index (χ4v) is 12.5. The van der Waals surface area contributed by atoms with Gasteiger partial charge in [0.2, 0.25) is 0 Å². The number of fused-ring (bicyclic) bond motifs is 8. The van der Waals surface area contributed by atoms with E-state index in [1.165, 1.54) is 67.3 Å². The lowest BCUT2D eigenvalue weighted by molar-refractivity contribution is 0.666. The summed E-state index contributed by atoms with van der Waals surface area (Å²) in [6.07, 6.45) is 0. The van der Waals surface area contributed by atoms with Gasteiger partial charge in [0.1, 0.15) is 22.3 Å². The van der Waals surface area contributed by atoms with Crippen molar-refractivity contribution < 1.29 is 8.83 Å². The minimum Gasteiger partial charge on any atom is -0.455 e. The Bertz CT molecular complexity index is 4220. The van der Waals surface area contributed by atoms with Crippen molar-refractivity contribution in [2.24, 2.45) is 0 Å². The predicted molar refractivity (Wildman–Crippen MR) is 352 cm³/mol. The van der Waals surface area contributed by atoms with Gasteiger partial charge in [-0.2, -0.15) is 0 Å². The van der Waals surface area contributed by atoms with E-state index in [4.69, 9.17) is 8.83 Å². The van der Waals surface area contributed by atoms with Crippen LogP contribution >= 0.6 is 0 Å². The van der Waals surface area contributed by atoms with Crippen molar-refractivity contribution in [1.82, 2.24) is 0 Å². The molecule has 82 heavy (non-hydrogen) atoms. The first-order chi connectivity index (χ1) is 39.6. The molecule has 0 aliphatic heterocycles. The van der Waals surface area contributed by atoms with E-state index in [1.807, 2.05) is 0 Å². The Balaban J connectivity index is 1.05. The van der Waals surface area contributed by atoms with Crippen LogP contribution in [0, 0.1) is 27.7 Å². The normalized spacial score (nSPS) is 12.1. The third-order valence-electron chi connectivity index (χ3n) is 17.4. The molecule has 0 amide bonds. The molecule has 4 nitrogen and oxygen atoms in total. The average Bonchev–Trinajstić information content (AvgIpc) is 4.11. The second kappa shape index (κ2) is 20.6. The molecule has 0 spiro atoms. The fourth-order valence-electron chi connectivity index (χ4n) is 12.5. The van der Waals surface area contributed by atoms with Gasteiger partial charge < -0.3 is 18.6 Å². The molecular formula is C78H72N2O2. The van der Waals surface area contributed by atoms with Crippen LogP contribution in [0.2, 0.25) is 0 Å². The van der Waals surface area contributed by atoms with Crippen LogP contribution in [0.5, 0.6) is 0 Å². The maximum Gasteiger partial charge on any atom is 0.144 e. The van der Waals surface area contributed by atoms with Crippen LogP contribution in [0.25, 0.3) is 87.7 Å². The topological polar surface area (TPSA) is 32.8 Å². The highest BCUT2D eigenvalue weighted by atomic mass is 16.3. The van der Waals surface area contributed by atoms with Gasteiger partial charge in [-0.3, -0.25) is 0 Å². The average molecular weight is 1070 g/mol. The van der Waals surface area contributed by atoms with Crippen LogP contribution in [-0.4, -0.2) is 0 Å². The van der Waals surface area contributed by atoms with Crippen molar-refractivity contribution in [3.05, 3.63) is 239 Å². The molecule has 0 aliphatic rings. The van der Waals surface area contributed by atoms with Crippen LogP contribution < -0.4 is 9.80 Å². The predicted octanol–water partition coefficient (Wildman–Crippen LogP) is 23.8. The Morgan fingerprint density at radius 1 is 0.305 bits per heavy atom. The minimum absolute atomic E-state index is 0.388. The lowest BCUT2D eigenvalue weighted by Gasteiger charge is -2.30. The van der Waals surface area contributed by atoms with E-state index in [-0.39, 0.29) is 0 Å². The molecule has 0 bridgehead atoms. The molecule has 13 rings (SSSR count). The zero-order valence-electron chi connectivity index (χ0n) is 49.5. The van der Waals surface area contributed by atoms with Crippen molar-refractivity contribution in [2.75, 3.05) is 9.80 Å². The molecule has 0 unspecified atom stereocenters. The van der Waals surface area contributed by atoms with Crippen LogP contribution in [0.4, 0.5) is 34.1 Å². The van der Waals surface area contributed by atoms with Gasteiger partial charge in [-0.15, -0.1) is 0 Å². The molecule has 11 aromatic carbocycles. The number of aryl methyl sites for hydroxylation is 4. The van der Waals surface area contributed by atoms with Crippen molar-refractivity contribution in [1.29, 1.82) is 0 Å². The summed E-state index contributed by atoms with van der Waals surface area (Å²) in [4.78, 5) is 4.95. The van der Waals surface area contributed by atoms with E-state index in [9.17, 15) is 0 Å². The largest absolute Gasteiger partial charge is 0.455 e. The van der Waals surface area contributed by atoms with E-state index in [1.54, 1.807) is 0 Å². The Kier molecular flexibility index (Phi) is 13.2. The first-order valence-electron chi connectivity index (χ1n) is 29.5. The third-order valence-corrected chi connectivity index (χ3v) is 17.4. The zero-order valence-corrected chi connectivity index (χ0v) is 49.5. The van der Waals surface area contributed by atoms with Gasteiger partial charge in [0.25, 0.3) is 0 Å². The zero-order chi connectivity index (χ0) is 56.8. The van der Waals surface area contributed by atoms with Gasteiger partial charge >= 0.3 is 0 Å². The molecule has 0 saturated heterocycles. The lowest BCUT2D eigenvalue weighted by atomic mass is 9.90. The Hall–Kier alpha value is -8.86. The molecule has 2 heterocycles. The Labute approximate surface area is 483 Å². The minimum atomic E-state index is 0.388. The van der Waals surface area contributed by atoms with Gasteiger partial charge in [0.15, 0.2) is 0 Å². The molecule has 0 radical (unpaired) electrons. The van der Waals surface area contributed by atoms with Crippen LogP contribution in [0.15, 0.2) is 203 Å². The number of furan rings is 2. The van der Waals surface area contributed by atoms with Crippen LogP contribution in [-0.2, 0) is 0 Å². The molecule has 0 saturated carbocycles. The Morgan fingerprint density at radius 2 is 0.622 bits per heavy atom. The van der Waals surface area contributed by atoms with Crippen LogP contribution in [0.1, 0.15) is 124 Å². The first-order valence-corrected chi connectivity index (χ1v) is 29.5. The van der Waals surface area contributed by atoms with E-state index in [0.29, 0.717) is 23.7 Å². The standard InChI is InChI=1S/C78H72N2O2/c1-45(2)55-27-23-49(9)67(39-55)79(68-40-56(46(3)4)28-24-50(68)10)63-33-31-59-37-65-71(43-61(59)35-63)81-77-74(54-21-17-14-18-22-54)76-66-38-60-32-34-64(36-62(60)44-72(66)82-78(76)73(75(65)77)53-19-15-13-16-20-53)80(69-41-57(47(5)6)29-25-51(69)11)70-42-58(48(7)8)30-26-52(70)12/h13-48H,1-12H3. The van der Waals surface area contributed by atoms with Crippen molar-refractivity contribution >= 4 is 99.5 Å². The van der Waals surface area contributed by atoms with Gasteiger partial charge in [0, 0.05) is 66.8 Å². The summed E-state index contributed by atoms with van der Waals surface area (Å²) in [6.45, 7) is 27.1. The fraction of sp³-hybridized carbons (Fsp3) is 0.205. The summed E-state index contributed by atoms with van der Waals surface area (Å²) in [7, 11) is 0. The molecule has 0 fully saturated rings. The second-order valence-electron chi connectivity index (χ2n) is 24.3. The molecule has 406 valence electrons. The van der Waals surface area contributed by atoms with E-state index >= 15 is 0 Å². The molecule has 2 aromatic heterocycles. The Morgan fingerprint density at radius 3 is 0.927 bits per heavy atom. The number of hydrogen-bond acceptors (Lipinski definition) is 4. The third kappa shape index (κ3) is 9.01. The maximum absolute atomic E-state index is 7.44. The summed E-state index contributed by atoms with van der Waals surface area (Å²) in [6, 6.07) is 72.4. The van der Waals surface area contributed by atoms with Crippen molar-refractivity contribution in [3.8, 4) is 22.3 Å². The van der Waals surface area contributed by atoms with E-state index in [0.717, 1.165) is 99.1 Å². The van der Waals surface area contributed by atoms with Crippen molar-refractivity contribution in [2.45, 2.75) is 107 Å². The lowest BCUT2D eigenvalue weighted by Crippen LogP contribution is -2.14. The van der Waals surface area contributed by atoms with Gasteiger partial charge in [0.05, 0.1) is 0 Å². The molecule has 0 aliphatic carbocycles. The summed E-state index contributed by atoms with van der Waals surface area (Å²) in [5.74, 6) is 1.55. The molecule has 0 N–H and O–H groups in total. The smallest absolute Gasteiger partial charge is 0.144 e. The van der Waals surface area contributed by atoms with Gasteiger partial charge in [-0.25, -0.2) is 0 Å². The molecular weight excluding hydrogens is 997 g/mol. The van der Waals surface area contributed by atoms with Gasteiger partial charge in [-0.05, 0) is 201 Å². The summed E-state index contributed by atoms with van der Waals surface area (Å²) in [5.41, 5.74) is 24.7. The molecule has 0 atom stereocenters. The monoisotopic (exact) mass is 1070 g/mol. The van der Waals surface area contributed by atoms with E-state index < -0.39 is 0 Å². The molecule has 13 aromatic rings. The number of anilines is 6. The summed E-state index contributed by atoms with van der Waals surface area (Å²) in [5, 5.41) is 8.68. The van der Waals surface area contributed by atoms with Gasteiger partial charge in [-0.1, -0.05) is 177 Å². The van der Waals surface area contributed by atoms with E-state index in [2.05, 4.69) is 287 Å². The number of rotatable bonds is 12. The number of hydrogen-bond donors (Lipinski definition) is 0. The highest BCUT2D eigenvalue weighted by Crippen LogP contribution is 2.53. The highest BCUT2D eigenvalue weighted by molar-refractivity contribution is 6.31. The summed E-state index contributed by atoms with van der Waals surface area (Å²) >= 11 is 0. The quantitative estimate of drug-likeness (QED) is 0.122.